The minimum Gasteiger partial charge on any atom is -0.366 e. The zero-order chi connectivity index (χ0) is 14.4. The molecular weight excluding hydrogens is 250 g/mol. The molecule has 2 aromatic rings. The number of hydrogen-bond acceptors (Lipinski definition) is 4. The highest BCUT2D eigenvalue weighted by atomic mass is 15.3. The van der Waals surface area contributed by atoms with E-state index < -0.39 is 0 Å². The fraction of sp³-hybridized carbons (Fsp3) is 0.667. The molecule has 110 valence electrons. The first-order chi connectivity index (χ1) is 9.74. The molecule has 0 saturated heterocycles. The van der Waals surface area contributed by atoms with Gasteiger partial charge in [0, 0.05) is 11.9 Å². The highest BCUT2D eigenvalue weighted by molar-refractivity contribution is 5.36. The summed E-state index contributed by atoms with van der Waals surface area (Å²) in [6.07, 6.45) is 11.9. The largest absolute Gasteiger partial charge is 0.366 e. The summed E-state index contributed by atoms with van der Waals surface area (Å²) in [7, 11) is 0. The highest BCUT2D eigenvalue weighted by Gasteiger charge is 2.08. The highest BCUT2D eigenvalue weighted by Crippen LogP contribution is 2.14. The molecule has 0 aliphatic carbocycles. The van der Waals surface area contributed by atoms with Gasteiger partial charge in [-0.3, -0.25) is 0 Å². The third-order valence-corrected chi connectivity index (χ3v) is 3.65. The third-order valence-electron chi connectivity index (χ3n) is 3.65. The monoisotopic (exact) mass is 275 g/mol. The molecule has 20 heavy (non-hydrogen) atoms. The van der Waals surface area contributed by atoms with Crippen molar-refractivity contribution in [2.45, 2.75) is 65.2 Å². The Labute approximate surface area is 120 Å². The van der Waals surface area contributed by atoms with Gasteiger partial charge in [0.2, 0.25) is 5.95 Å². The van der Waals surface area contributed by atoms with Gasteiger partial charge in [-0.15, -0.1) is 5.10 Å². The SMILES string of the molecule is CCCCCCCCc1cn2nc(N)nc2nc1CC. The van der Waals surface area contributed by atoms with Gasteiger partial charge in [-0.2, -0.15) is 4.98 Å². The van der Waals surface area contributed by atoms with Gasteiger partial charge in [-0.05, 0) is 24.8 Å². The Morgan fingerprint density at radius 2 is 1.80 bits per heavy atom. The Bertz CT molecular complexity index is 546. The zero-order valence-corrected chi connectivity index (χ0v) is 12.6. The molecule has 0 amide bonds. The van der Waals surface area contributed by atoms with Crippen LogP contribution >= 0.6 is 0 Å². The van der Waals surface area contributed by atoms with Gasteiger partial charge in [0.15, 0.2) is 0 Å². The van der Waals surface area contributed by atoms with Gasteiger partial charge in [0.05, 0.1) is 0 Å². The van der Waals surface area contributed by atoms with Crippen LogP contribution in [0.25, 0.3) is 5.78 Å². The van der Waals surface area contributed by atoms with E-state index in [1.165, 1.54) is 44.1 Å². The van der Waals surface area contributed by atoms with Crippen molar-refractivity contribution in [2.75, 3.05) is 5.73 Å². The van der Waals surface area contributed by atoms with E-state index in [2.05, 4.69) is 28.9 Å². The van der Waals surface area contributed by atoms with Crippen LogP contribution in [-0.2, 0) is 12.8 Å². The minimum absolute atomic E-state index is 0.288. The smallest absolute Gasteiger partial charge is 0.254 e. The summed E-state index contributed by atoms with van der Waals surface area (Å²) in [5, 5.41) is 4.14. The van der Waals surface area contributed by atoms with Crippen LogP contribution in [0.3, 0.4) is 0 Å². The Morgan fingerprint density at radius 1 is 1.05 bits per heavy atom. The van der Waals surface area contributed by atoms with Crippen LogP contribution in [0, 0.1) is 0 Å². The van der Waals surface area contributed by atoms with Crippen LogP contribution in [0.4, 0.5) is 5.95 Å². The van der Waals surface area contributed by atoms with Crippen molar-refractivity contribution in [1.29, 1.82) is 0 Å². The van der Waals surface area contributed by atoms with E-state index in [1.54, 1.807) is 4.52 Å². The van der Waals surface area contributed by atoms with Gasteiger partial charge in [-0.25, -0.2) is 9.50 Å². The second-order valence-electron chi connectivity index (χ2n) is 5.30. The standard InChI is InChI=1S/C15H25N5/c1-3-5-6-7-8-9-10-12-11-20-15(17-13(12)4-2)18-14(16)19-20/h11H,3-10H2,1-2H3,(H2,16,19). The van der Waals surface area contributed by atoms with Crippen LogP contribution < -0.4 is 5.73 Å². The Kier molecular flexibility index (Phi) is 5.32. The number of nitrogen functional groups attached to an aromatic ring is 1. The molecule has 2 aromatic heterocycles. The first-order valence-electron chi connectivity index (χ1n) is 7.75. The molecule has 0 bridgehead atoms. The van der Waals surface area contributed by atoms with Crippen molar-refractivity contribution < 1.29 is 0 Å². The lowest BCUT2D eigenvalue weighted by Crippen LogP contribution is -2.02. The van der Waals surface area contributed by atoms with Crippen molar-refractivity contribution >= 4 is 11.7 Å². The minimum atomic E-state index is 0.288. The van der Waals surface area contributed by atoms with E-state index in [4.69, 9.17) is 5.73 Å². The number of rotatable bonds is 8. The average molecular weight is 275 g/mol. The molecule has 0 aromatic carbocycles. The van der Waals surface area contributed by atoms with E-state index in [-0.39, 0.29) is 5.95 Å². The molecule has 0 aliphatic rings. The normalized spacial score (nSPS) is 11.3. The topological polar surface area (TPSA) is 69.1 Å². The molecule has 0 saturated carbocycles. The number of nitrogens with two attached hydrogens (primary N) is 1. The summed E-state index contributed by atoms with van der Waals surface area (Å²) in [4.78, 5) is 8.66. The second-order valence-corrected chi connectivity index (χ2v) is 5.30. The van der Waals surface area contributed by atoms with Gasteiger partial charge in [-0.1, -0.05) is 46.0 Å². The predicted molar refractivity (Wildman–Crippen MR) is 81.7 cm³/mol. The molecule has 0 spiro atoms. The molecule has 0 aliphatic heterocycles. The van der Waals surface area contributed by atoms with Crippen LogP contribution in [0.1, 0.15) is 63.6 Å². The van der Waals surface area contributed by atoms with E-state index >= 15 is 0 Å². The molecule has 2 rings (SSSR count). The molecule has 5 heteroatoms. The maximum absolute atomic E-state index is 5.62. The quantitative estimate of drug-likeness (QED) is 0.751. The summed E-state index contributed by atoms with van der Waals surface area (Å²) >= 11 is 0. The van der Waals surface area contributed by atoms with Crippen molar-refractivity contribution in [3.63, 3.8) is 0 Å². The summed E-state index contributed by atoms with van der Waals surface area (Å²) in [5.74, 6) is 0.891. The lowest BCUT2D eigenvalue weighted by atomic mass is 10.0. The van der Waals surface area contributed by atoms with Crippen molar-refractivity contribution in [2.24, 2.45) is 0 Å². The van der Waals surface area contributed by atoms with Gasteiger partial charge in [0.25, 0.3) is 5.78 Å². The average Bonchev–Trinajstić information content (AvgIpc) is 2.80. The summed E-state index contributed by atoms with van der Waals surface area (Å²) in [6.45, 7) is 4.38. The van der Waals surface area contributed by atoms with Crippen LogP contribution in [0.2, 0.25) is 0 Å². The zero-order valence-electron chi connectivity index (χ0n) is 12.6. The van der Waals surface area contributed by atoms with E-state index in [9.17, 15) is 0 Å². The van der Waals surface area contributed by atoms with Crippen LogP contribution in [0.15, 0.2) is 6.20 Å². The maximum Gasteiger partial charge on any atom is 0.254 e. The first-order valence-corrected chi connectivity index (χ1v) is 7.75. The summed E-state index contributed by atoms with van der Waals surface area (Å²) < 4.78 is 1.70. The van der Waals surface area contributed by atoms with E-state index in [0.717, 1.165) is 18.5 Å². The van der Waals surface area contributed by atoms with E-state index in [0.29, 0.717) is 5.78 Å². The Morgan fingerprint density at radius 3 is 2.55 bits per heavy atom. The molecule has 0 fully saturated rings. The van der Waals surface area contributed by atoms with Crippen molar-refractivity contribution in [3.8, 4) is 0 Å². The molecule has 0 atom stereocenters. The predicted octanol–water partition coefficient (Wildman–Crippen LogP) is 3.17. The first kappa shape index (κ1) is 14.8. The van der Waals surface area contributed by atoms with Crippen LogP contribution in [0.5, 0.6) is 0 Å². The van der Waals surface area contributed by atoms with Crippen molar-refractivity contribution in [1.82, 2.24) is 19.6 Å². The Hall–Kier alpha value is -1.65. The number of nitrogens with zero attached hydrogens (tertiary/aromatic N) is 4. The van der Waals surface area contributed by atoms with Gasteiger partial charge >= 0.3 is 0 Å². The molecule has 5 nitrogen and oxygen atoms in total. The maximum atomic E-state index is 5.62. The molecule has 0 radical (unpaired) electrons. The number of unbranched alkanes of at least 4 members (excludes halogenated alkanes) is 5. The fourth-order valence-corrected chi connectivity index (χ4v) is 2.52. The molecule has 2 N–H and O–H groups in total. The molecular formula is C15H25N5. The van der Waals surface area contributed by atoms with Crippen LogP contribution in [-0.4, -0.2) is 19.6 Å². The number of anilines is 1. The van der Waals surface area contributed by atoms with Crippen molar-refractivity contribution in [3.05, 3.63) is 17.5 Å². The lowest BCUT2D eigenvalue weighted by Gasteiger charge is -2.07. The third kappa shape index (κ3) is 3.68. The lowest BCUT2D eigenvalue weighted by molar-refractivity contribution is 0.605. The summed E-state index contributed by atoms with van der Waals surface area (Å²) in [5.41, 5.74) is 8.02. The number of aryl methyl sites for hydroxylation is 2. The second kappa shape index (κ2) is 7.22. The number of fused-ring (bicyclic) bond motifs is 1. The fourth-order valence-electron chi connectivity index (χ4n) is 2.52. The number of hydrogen-bond donors (Lipinski definition) is 1. The Balaban J connectivity index is 1.97. The number of aromatic nitrogens is 4. The molecule has 2 heterocycles. The van der Waals surface area contributed by atoms with E-state index in [1.807, 2.05) is 6.20 Å². The molecule has 0 unspecified atom stereocenters. The summed E-state index contributed by atoms with van der Waals surface area (Å²) in [6, 6.07) is 0. The van der Waals surface area contributed by atoms with Gasteiger partial charge in [0.1, 0.15) is 0 Å². The van der Waals surface area contributed by atoms with Gasteiger partial charge < -0.3 is 5.73 Å².